The molecule has 2 amide bonds. The first-order valence-electron chi connectivity index (χ1n) is 9.82. The maximum absolute atomic E-state index is 12.2. The molecule has 0 radical (unpaired) electrons. The van der Waals surface area contributed by atoms with E-state index in [-0.39, 0.29) is 41.1 Å². The molecule has 0 fully saturated rings. The zero-order valence-corrected chi connectivity index (χ0v) is 19.7. The number of carbonyl (C=O) groups excluding carboxylic acids is 2. The summed E-state index contributed by atoms with van der Waals surface area (Å²) < 4.78 is 28.6. The first-order valence-corrected chi connectivity index (χ1v) is 12.7. The van der Waals surface area contributed by atoms with Crippen LogP contribution in [-0.4, -0.2) is 63.4 Å². The second kappa shape index (κ2) is 11.2. The van der Waals surface area contributed by atoms with Crippen LogP contribution in [0.2, 0.25) is 5.02 Å². The Kier molecular flexibility index (Phi) is 8.57. The van der Waals surface area contributed by atoms with Gasteiger partial charge >= 0.3 is 0 Å². The number of halogens is 1. The van der Waals surface area contributed by atoms with E-state index in [0.29, 0.717) is 23.7 Å². The molecule has 178 valence electrons. The van der Waals surface area contributed by atoms with Gasteiger partial charge in [0.05, 0.1) is 16.5 Å². The van der Waals surface area contributed by atoms with Crippen LogP contribution in [0.1, 0.15) is 10.4 Å². The predicted molar refractivity (Wildman–Crippen MR) is 125 cm³/mol. The summed E-state index contributed by atoms with van der Waals surface area (Å²) in [4.78, 5) is 24.3. The van der Waals surface area contributed by atoms with E-state index < -0.39 is 22.0 Å². The van der Waals surface area contributed by atoms with E-state index in [1.54, 1.807) is 12.1 Å². The second-order valence-electron chi connectivity index (χ2n) is 7.11. The number of amides is 2. The van der Waals surface area contributed by atoms with Crippen molar-refractivity contribution < 1.29 is 27.9 Å². The highest BCUT2D eigenvalue weighted by Gasteiger charge is 2.17. The SMILES string of the molecule is NS(=O)(=O)c1cc(C(=O)NCCNCC(O)COc2ccc3c(c2)NC(=O)CS3)ccc1Cl. The number of anilines is 1. The molecule has 0 spiro atoms. The van der Waals surface area contributed by atoms with Crippen molar-refractivity contribution in [2.24, 2.45) is 5.14 Å². The van der Waals surface area contributed by atoms with Crippen LogP contribution < -0.4 is 25.8 Å². The van der Waals surface area contributed by atoms with Crippen molar-refractivity contribution in [3.05, 3.63) is 47.0 Å². The van der Waals surface area contributed by atoms with Crippen LogP contribution in [-0.2, 0) is 14.8 Å². The minimum atomic E-state index is -4.04. The Labute approximate surface area is 200 Å². The molecular weight excluding hydrogens is 492 g/mol. The third-order valence-electron chi connectivity index (χ3n) is 4.49. The molecule has 10 nitrogen and oxygen atoms in total. The van der Waals surface area contributed by atoms with E-state index in [2.05, 4.69) is 16.0 Å². The van der Waals surface area contributed by atoms with E-state index in [4.69, 9.17) is 21.5 Å². The lowest BCUT2D eigenvalue weighted by Crippen LogP contribution is -2.37. The van der Waals surface area contributed by atoms with Gasteiger partial charge < -0.3 is 25.8 Å². The minimum Gasteiger partial charge on any atom is -0.491 e. The number of benzene rings is 2. The topological polar surface area (TPSA) is 160 Å². The van der Waals surface area contributed by atoms with Crippen LogP contribution >= 0.6 is 23.4 Å². The molecule has 2 aromatic rings. The average molecular weight is 515 g/mol. The Bertz CT molecular complexity index is 1150. The van der Waals surface area contributed by atoms with Gasteiger partial charge in [0.15, 0.2) is 0 Å². The summed E-state index contributed by atoms with van der Waals surface area (Å²) in [6.45, 7) is 0.868. The molecule has 1 unspecified atom stereocenters. The summed E-state index contributed by atoms with van der Waals surface area (Å²) in [7, 11) is -4.04. The number of hydrogen-bond donors (Lipinski definition) is 5. The number of fused-ring (bicyclic) bond motifs is 1. The summed E-state index contributed by atoms with van der Waals surface area (Å²) in [6, 6.07) is 9.15. The van der Waals surface area contributed by atoms with Gasteiger partial charge in [0.25, 0.3) is 5.91 Å². The first kappa shape index (κ1) is 25.3. The molecule has 0 aromatic heterocycles. The molecule has 2 aromatic carbocycles. The summed E-state index contributed by atoms with van der Waals surface area (Å²) in [6.07, 6.45) is -0.797. The zero-order valence-electron chi connectivity index (χ0n) is 17.3. The molecular formula is C20H23ClN4O6S2. The van der Waals surface area contributed by atoms with Gasteiger partial charge in [-0.15, -0.1) is 11.8 Å². The fourth-order valence-corrected chi connectivity index (χ4v) is 4.76. The predicted octanol–water partition coefficient (Wildman–Crippen LogP) is 0.791. The number of sulfonamides is 1. The van der Waals surface area contributed by atoms with E-state index in [1.807, 2.05) is 6.07 Å². The zero-order chi connectivity index (χ0) is 24.0. The van der Waals surface area contributed by atoms with Gasteiger partial charge in [-0.2, -0.15) is 0 Å². The van der Waals surface area contributed by atoms with E-state index in [0.717, 1.165) is 11.0 Å². The fourth-order valence-electron chi connectivity index (χ4n) is 2.90. The van der Waals surface area contributed by atoms with Gasteiger partial charge in [-0.05, 0) is 30.3 Å². The molecule has 1 heterocycles. The monoisotopic (exact) mass is 514 g/mol. The summed E-state index contributed by atoms with van der Waals surface area (Å²) in [5.41, 5.74) is 0.797. The molecule has 0 saturated heterocycles. The largest absolute Gasteiger partial charge is 0.491 e. The smallest absolute Gasteiger partial charge is 0.251 e. The van der Waals surface area contributed by atoms with Crippen LogP contribution in [0.3, 0.4) is 0 Å². The van der Waals surface area contributed by atoms with Crippen molar-refractivity contribution in [1.29, 1.82) is 0 Å². The van der Waals surface area contributed by atoms with Crippen molar-refractivity contribution in [3.8, 4) is 5.75 Å². The number of hydrogen-bond acceptors (Lipinski definition) is 8. The number of aliphatic hydroxyl groups excluding tert-OH is 1. The van der Waals surface area contributed by atoms with E-state index in [1.165, 1.54) is 23.9 Å². The lowest BCUT2D eigenvalue weighted by Gasteiger charge is -2.18. The number of rotatable bonds is 10. The Balaban J connectivity index is 1.37. The molecule has 6 N–H and O–H groups in total. The summed E-state index contributed by atoms with van der Waals surface area (Å²) >= 11 is 7.26. The van der Waals surface area contributed by atoms with Crippen molar-refractivity contribution in [2.75, 3.05) is 37.3 Å². The molecule has 1 aliphatic rings. The van der Waals surface area contributed by atoms with Gasteiger partial charge in [0, 0.05) is 36.2 Å². The second-order valence-corrected chi connectivity index (χ2v) is 10.1. The number of nitrogens with one attached hydrogen (secondary N) is 3. The van der Waals surface area contributed by atoms with Gasteiger partial charge in [-0.1, -0.05) is 11.6 Å². The number of ether oxygens (including phenoxy) is 1. The molecule has 0 aliphatic carbocycles. The van der Waals surface area contributed by atoms with Gasteiger partial charge in [-0.25, -0.2) is 13.6 Å². The number of primary sulfonamides is 1. The van der Waals surface area contributed by atoms with Crippen LogP contribution in [0.5, 0.6) is 5.75 Å². The summed E-state index contributed by atoms with van der Waals surface area (Å²) in [5, 5.41) is 23.5. The number of aliphatic hydroxyl groups is 1. The molecule has 0 saturated carbocycles. The maximum Gasteiger partial charge on any atom is 0.251 e. The highest BCUT2D eigenvalue weighted by atomic mass is 35.5. The molecule has 1 atom stereocenters. The summed E-state index contributed by atoms with van der Waals surface area (Å²) in [5.74, 6) is 0.362. The third-order valence-corrected chi connectivity index (χ3v) is 6.96. The Morgan fingerprint density at radius 2 is 2.06 bits per heavy atom. The highest BCUT2D eigenvalue weighted by Crippen LogP contribution is 2.34. The van der Waals surface area contributed by atoms with E-state index in [9.17, 15) is 23.1 Å². The lowest BCUT2D eigenvalue weighted by atomic mass is 10.2. The number of carbonyl (C=O) groups is 2. The Hall–Kier alpha value is -2.35. The van der Waals surface area contributed by atoms with Crippen LogP contribution in [0, 0.1) is 0 Å². The lowest BCUT2D eigenvalue weighted by molar-refractivity contribution is -0.113. The van der Waals surface area contributed by atoms with Crippen LogP contribution in [0.15, 0.2) is 46.2 Å². The number of nitrogens with two attached hydrogens (primary N) is 1. The molecule has 13 heteroatoms. The minimum absolute atomic E-state index is 0.0420. The van der Waals surface area contributed by atoms with Crippen molar-refractivity contribution >= 4 is 50.9 Å². The molecule has 0 bridgehead atoms. The number of thioether (sulfide) groups is 1. The van der Waals surface area contributed by atoms with Crippen LogP contribution in [0.25, 0.3) is 0 Å². The van der Waals surface area contributed by atoms with Gasteiger partial charge in [0.2, 0.25) is 15.9 Å². The standard InChI is InChI=1S/C20H23ClN4O6S2/c21-15-3-1-12(7-18(15)33(22,29)30)20(28)24-6-5-23-9-13(26)10-31-14-2-4-17-16(8-14)25-19(27)11-32-17/h1-4,7-8,13,23,26H,5-6,9-11H2,(H,24,28)(H,25,27)(H2,22,29,30). The first-order chi connectivity index (χ1) is 15.6. The normalized spacial score (nSPS) is 14.2. The Morgan fingerprint density at radius 1 is 1.27 bits per heavy atom. The third kappa shape index (κ3) is 7.32. The maximum atomic E-state index is 12.2. The van der Waals surface area contributed by atoms with Crippen molar-refractivity contribution in [2.45, 2.75) is 15.9 Å². The fraction of sp³-hybridized carbons (Fsp3) is 0.300. The molecule has 3 rings (SSSR count). The van der Waals surface area contributed by atoms with Gasteiger partial charge in [-0.3, -0.25) is 9.59 Å². The quantitative estimate of drug-likeness (QED) is 0.291. The van der Waals surface area contributed by atoms with Gasteiger partial charge in [0.1, 0.15) is 23.4 Å². The highest BCUT2D eigenvalue weighted by molar-refractivity contribution is 8.00. The molecule has 1 aliphatic heterocycles. The Morgan fingerprint density at radius 3 is 2.82 bits per heavy atom. The van der Waals surface area contributed by atoms with Crippen LogP contribution in [0.4, 0.5) is 5.69 Å². The molecule has 33 heavy (non-hydrogen) atoms. The average Bonchev–Trinajstić information content (AvgIpc) is 2.76. The van der Waals surface area contributed by atoms with Crippen molar-refractivity contribution in [1.82, 2.24) is 10.6 Å². The van der Waals surface area contributed by atoms with E-state index >= 15 is 0 Å². The van der Waals surface area contributed by atoms with Crippen molar-refractivity contribution in [3.63, 3.8) is 0 Å².